The molecule has 1 aromatic carbocycles. The molecule has 0 fully saturated rings. The molecule has 1 aromatic rings. The molecule has 3 nitrogen and oxygen atoms in total. The van der Waals surface area contributed by atoms with E-state index in [4.69, 9.17) is 5.11 Å². The minimum atomic E-state index is -0.719. The number of amides is 1. The molecule has 0 saturated heterocycles. The van der Waals surface area contributed by atoms with E-state index in [1.54, 1.807) is 0 Å². The molecule has 5 heteroatoms. The number of halogens is 2. The summed E-state index contributed by atoms with van der Waals surface area (Å²) in [5.41, 5.74) is -0.0563. The van der Waals surface area contributed by atoms with Crippen LogP contribution >= 0.6 is 15.9 Å². The van der Waals surface area contributed by atoms with E-state index in [1.807, 2.05) is 6.92 Å². The average Bonchev–Trinajstić information content (AvgIpc) is 2.17. The van der Waals surface area contributed by atoms with Gasteiger partial charge < -0.3 is 10.4 Å². The van der Waals surface area contributed by atoms with Gasteiger partial charge in [-0.05, 0) is 25.5 Å². The maximum absolute atomic E-state index is 13.3. The third kappa shape index (κ3) is 3.48. The van der Waals surface area contributed by atoms with Crippen LogP contribution in [-0.4, -0.2) is 22.4 Å². The van der Waals surface area contributed by atoms with Crippen LogP contribution in [0.25, 0.3) is 0 Å². The standard InChI is InChI=1S/C11H13BrFNO2/c1-7(4-5-12)14-11(16)9-3-2-8(15)6-10(9)13/h2-3,6-7,15H,4-5H2,1H3,(H,14,16). The number of benzene rings is 1. The number of phenolic OH excluding ortho intramolecular Hbond substituents is 1. The molecule has 1 amide bonds. The third-order valence-corrected chi connectivity index (χ3v) is 2.57. The van der Waals surface area contributed by atoms with Crippen molar-refractivity contribution in [1.29, 1.82) is 0 Å². The number of hydrogen-bond acceptors (Lipinski definition) is 2. The minimum Gasteiger partial charge on any atom is -0.508 e. The summed E-state index contributed by atoms with van der Waals surface area (Å²) >= 11 is 3.26. The SMILES string of the molecule is CC(CCBr)NC(=O)c1ccc(O)cc1F. The van der Waals surface area contributed by atoms with Crippen molar-refractivity contribution in [1.82, 2.24) is 5.32 Å². The molecule has 1 rings (SSSR count). The minimum absolute atomic E-state index is 0.0277. The fourth-order valence-electron chi connectivity index (χ4n) is 1.23. The Morgan fingerprint density at radius 2 is 2.31 bits per heavy atom. The number of alkyl halides is 1. The van der Waals surface area contributed by atoms with Gasteiger partial charge in [0.1, 0.15) is 11.6 Å². The molecule has 0 spiro atoms. The second-order valence-corrected chi connectivity index (χ2v) is 4.31. The average molecular weight is 290 g/mol. The van der Waals surface area contributed by atoms with E-state index < -0.39 is 11.7 Å². The molecule has 0 aliphatic carbocycles. The molecule has 1 atom stereocenters. The number of aromatic hydroxyl groups is 1. The van der Waals surface area contributed by atoms with Crippen molar-refractivity contribution in [3.8, 4) is 5.75 Å². The smallest absolute Gasteiger partial charge is 0.254 e. The first-order valence-corrected chi connectivity index (χ1v) is 6.02. The third-order valence-electron chi connectivity index (χ3n) is 2.12. The van der Waals surface area contributed by atoms with Gasteiger partial charge >= 0.3 is 0 Å². The topological polar surface area (TPSA) is 49.3 Å². The van der Waals surface area contributed by atoms with Crippen molar-refractivity contribution >= 4 is 21.8 Å². The van der Waals surface area contributed by atoms with Crippen LogP contribution in [0.2, 0.25) is 0 Å². The van der Waals surface area contributed by atoms with E-state index in [0.717, 1.165) is 17.8 Å². The van der Waals surface area contributed by atoms with Gasteiger partial charge in [0.2, 0.25) is 0 Å². The molecule has 0 aromatic heterocycles. The Balaban J connectivity index is 2.73. The number of hydrogen-bond donors (Lipinski definition) is 2. The number of nitrogens with one attached hydrogen (secondary N) is 1. The summed E-state index contributed by atoms with van der Waals surface area (Å²) in [6.45, 7) is 1.84. The Bertz CT molecular complexity index is 384. The predicted octanol–water partition coefficient (Wildman–Crippen LogP) is 2.43. The molecule has 0 bridgehead atoms. The van der Waals surface area contributed by atoms with Gasteiger partial charge in [-0.25, -0.2) is 4.39 Å². The van der Waals surface area contributed by atoms with Gasteiger partial charge in [-0.1, -0.05) is 15.9 Å². The lowest BCUT2D eigenvalue weighted by atomic mass is 10.1. The quantitative estimate of drug-likeness (QED) is 0.837. The molecule has 1 unspecified atom stereocenters. The zero-order valence-electron chi connectivity index (χ0n) is 8.84. The van der Waals surface area contributed by atoms with E-state index in [9.17, 15) is 9.18 Å². The van der Waals surface area contributed by atoms with Crippen LogP contribution in [0.15, 0.2) is 18.2 Å². The monoisotopic (exact) mass is 289 g/mol. The Labute approximate surface area is 102 Å². The molecule has 16 heavy (non-hydrogen) atoms. The highest BCUT2D eigenvalue weighted by Gasteiger charge is 2.13. The van der Waals surface area contributed by atoms with Crippen molar-refractivity contribution in [2.24, 2.45) is 0 Å². The summed E-state index contributed by atoms with van der Waals surface area (Å²) in [5.74, 6) is -1.38. The van der Waals surface area contributed by atoms with Crippen molar-refractivity contribution in [3.63, 3.8) is 0 Å². The number of carbonyl (C=O) groups excluding carboxylic acids is 1. The lowest BCUT2D eigenvalue weighted by molar-refractivity contribution is 0.0935. The Morgan fingerprint density at radius 3 is 2.88 bits per heavy atom. The van der Waals surface area contributed by atoms with Crippen LogP contribution in [-0.2, 0) is 0 Å². The van der Waals surface area contributed by atoms with E-state index in [1.165, 1.54) is 12.1 Å². The zero-order chi connectivity index (χ0) is 12.1. The Morgan fingerprint density at radius 1 is 1.62 bits per heavy atom. The number of phenols is 1. The highest BCUT2D eigenvalue weighted by Crippen LogP contribution is 2.15. The molecule has 0 aliphatic rings. The fraction of sp³-hybridized carbons (Fsp3) is 0.364. The highest BCUT2D eigenvalue weighted by molar-refractivity contribution is 9.09. The molecule has 88 valence electrons. The lowest BCUT2D eigenvalue weighted by Crippen LogP contribution is -2.33. The van der Waals surface area contributed by atoms with Crippen LogP contribution in [0.3, 0.4) is 0 Å². The van der Waals surface area contributed by atoms with Crippen molar-refractivity contribution in [2.45, 2.75) is 19.4 Å². The first-order chi connectivity index (χ1) is 7.54. The van der Waals surface area contributed by atoms with E-state index in [2.05, 4.69) is 21.2 Å². The number of carbonyl (C=O) groups is 1. The van der Waals surface area contributed by atoms with Gasteiger partial charge in [-0.3, -0.25) is 4.79 Å². The highest BCUT2D eigenvalue weighted by atomic mass is 79.9. The van der Waals surface area contributed by atoms with Gasteiger partial charge in [0, 0.05) is 17.4 Å². The summed E-state index contributed by atoms with van der Waals surface area (Å²) in [4.78, 5) is 11.6. The van der Waals surface area contributed by atoms with E-state index in [-0.39, 0.29) is 17.4 Å². The molecule has 0 heterocycles. The summed E-state index contributed by atoms with van der Waals surface area (Å²) in [6.07, 6.45) is 0.769. The van der Waals surface area contributed by atoms with Crippen molar-refractivity contribution in [3.05, 3.63) is 29.6 Å². The Kier molecular flexibility index (Phi) is 4.73. The summed E-state index contributed by atoms with van der Waals surface area (Å²) in [5, 5.41) is 12.4. The normalized spacial score (nSPS) is 12.2. The van der Waals surface area contributed by atoms with Crippen LogP contribution in [0.4, 0.5) is 4.39 Å². The van der Waals surface area contributed by atoms with Gasteiger partial charge in [0.15, 0.2) is 0 Å². The van der Waals surface area contributed by atoms with Gasteiger partial charge in [0.05, 0.1) is 5.56 Å². The second-order valence-electron chi connectivity index (χ2n) is 3.52. The largest absolute Gasteiger partial charge is 0.508 e. The summed E-state index contributed by atoms with van der Waals surface area (Å²) < 4.78 is 13.3. The molecular weight excluding hydrogens is 277 g/mol. The molecule has 0 aliphatic heterocycles. The van der Waals surface area contributed by atoms with Crippen LogP contribution in [0, 0.1) is 5.82 Å². The number of rotatable bonds is 4. The first-order valence-electron chi connectivity index (χ1n) is 4.90. The Hall–Kier alpha value is -1.10. The fourth-order valence-corrected chi connectivity index (χ4v) is 1.91. The predicted molar refractivity (Wildman–Crippen MR) is 63.4 cm³/mol. The zero-order valence-corrected chi connectivity index (χ0v) is 10.4. The summed E-state index contributed by atoms with van der Waals surface area (Å²) in [7, 11) is 0. The summed E-state index contributed by atoms with van der Waals surface area (Å²) in [6, 6.07) is 3.44. The van der Waals surface area contributed by atoms with E-state index in [0.29, 0.717) is 0 Å². The molecule has 0 radical (unpaired) electrons. The molecular formula is C11H13BrFNO2. The maximum atomic E-state index is 13.3. The lowest BCUT2D eigenvalue weighted by Gasteiger charge is -2.12. The van der Waals surface area contributed by atoms with Crippen LogP contribution < -0.4 is 5.32 Å². The first kappa shape index (κ1) is 13.0. The van der Waals surface area contributed by atoms with Crippen LogP contribution in [0.1, 0.15) is 23.7 Å². The maximum Gasteiger partial charge on any atom is 0.254 e. The van der Waals surface area contributed by atoms with Crippen molar-refractivity contribution in [2.75, 3.05) is 5.33 Å². The second kappa shape index (κ2) is 5.84. The van der Waals surface area contributed by atoms with Gasteiger partial charge in [-0.15, -0.1) is 0 Å². The molecule has 0 saturated carbocycles. The van der Waals surface area contributed by atoms with Gasteiger partial charge in [0.25, 0.3) is 5.91 Å². The molecule has 2 N–H and O–H groups in total. The van der Waals surface area contributed by atoms with Gasteiger partial charge in [-0.2, -0.15) is 0 Å². The van der Waals surface area contributed by atoms with Crippen molar-refractivity contribution < 1.29 is 14.3 Å². The van der Waals surface area contributed by atoms with E-state index >= 15 is 0 Å². The van der Waals surface area contributed by atoms with Crippen LogP contribution in [0.5, 0.6) is 5.75 Å².